The number of carbonyl (C=O) groups is 1. The highest BCUT2D eigenvalue weighted by molar-refractivity contribution is 7.21. The molecule has 0 aliphatic carbocycles. The van der Waals surface area contributed by atoms with Gasteiger partial charge in [-0.1, -0.05) is 41.7 Å². The van der Waals surface area contributed by atoms with Crippen LogP contribution in [0, 0.1) is 17.1 Å². The number of nitriles is 1. The number of hydrogen-bond donors (Lipinski definition) is 2. The number of nitrogens with two attached hydrogens (primary N) is 2. The van der Waals surface area contributed by atoms with Crippen molar-refractivity contribution in [1.29, 1.82) is 5.26 Å². The molecule has 0 bridgehead atoms. The molecule has 0 aliphatic rings. The summed E-state index contributed by atoms with van der Waals surface area (Å²) in [7, 11) is 0. The summed E-state index contributed by atoms with van der Waals surface area (Å²) in [5.41, 5.74) is 14.6. The Balaban J connectivity index is 2.01. The Morgan fingerprint density at radius 1 is 1.07 bits per heavy atom. The van der Waals surface area contributed by atoms with Crippen molar-refractivity contribution < 1.29 is 14.2 Å². The van der Waals surface area contributed by atoms with Crippen LogP contribution in [-0.2, 0) is 0 Å². The molecule has 2 aromatic carbocycles. The lowest BCUT2D eigenvalue weighted by molar-refractivity contribution is -0.323. The van der Waals surface area contributed by atoms with Crippen LogP contribution in [0.1, 0.15) is 20.8 Å². The maximum atomic E-state index is 13.2. The van der Waals surface area contributed by atoms with Crippen molar-refractivity contribution in [2.75, 3.05) is 11.5 Å². The van der Waals surface area contributed by atoms with Gasteiger partial charge in [-0.2, -0.15) is 5.26 Å². The van der Waals surface area contributed by atoms with E-state index in [4.69, 9.17) is 11.5 Å². The molecule has 7 heteroatoms. The van der Waals surface area contributed by atoms with Crippen LogP contribution in [0.5, 0.6) is 0 Å². The van der Waals surface area contributed by atoms with E-state index in [1.165, 1.54) is 24.3 Å². The van der Waals surface area contributed by atoms with Crippen molar-refractivity contribution in [2.24, 2.45) is 0 Å². The van der Waals surface area contributed by atoms with E-state index in [9.17, 15) is 14.4 Å². The molecule has 2 aromatic heterocycles. The zero-order valence-electron chi connectivity index (χ0n) is 14.5. The van der Waals surface area contributed by atoms with Crippen molar-refractivity contribution in [3.05, 3.63) is 76.4 Å². The van der Waals surface area contributed by atoms with Gasteiger partial charge < -0.3 is 5.73 Å². The first kappa shape index (κ1) is 17.6. The number of nitrogens with zero attached hydrogens (tertiary/aromatic N) is 1. The van der Waals surface area contributed by atoms with Crippen molar-refractivity contribution >= 4 is 38.8 Å². The van der Waals surface area contributed by atoms with Gasteiger partial charge in [0.05, 0.1) is 11.1 Å². The number of pyridine rings is 1. The number of rotatable bonds is 3. The molecule has 0 atom stereocenters. The van der Waals surface area contributed by atoms with E-state index in [0.717, 1.165) is 16.9 Å². The third kappa shape index (κ3) is 2.76. The number of nitrogen functional groups attached to an aromatic ring is 2. The molecule has 0 amide bonds. The van der Waals surface area contributed by atoms with Crippen LogP contribution in [0.15, 0.2) is 54.6 Å². The maximum absolute atomic E-state index is 13.2. The lowest BCUT2D eigenvalue weighted by Gasteiger charge is -2.07. The second-order valence-electron chi connectivity index (χ2n) is 6.15. The average Bonchev–Trinajstić information content (AvgIpc) is 3.03. The van der Waals surface area contributed by atoms with Crippen LogP contribution in [0.2, 0.25) is 0 Å². The number of hydrogen-bond acceptors (Lipinski definition) is 5. The second-order valence-corrected chi connectivity index (χ2v) is 7.17. The smallest absolute Gasteiger partial charge is 0.290 e. The van der Waals surface area contributed by atoms with Crippen molar-refractivity contribution in [2.45, 2.75) is 0 Å². The molecule has 4 rings (SSSR count). The largest absolute Gasteiger partial charge is 0.397 e. The Morgan fingerprint density at radius 2 is 1.75 bits per heavy atom. The van der Waals surface area contributed by atoms with Crippen LogP contribution in [0.4, 0.5) is 15.9 Å². The van der Waals surface area contributed by atoms with Gasteiger partial charge in [0.15, 0.2) is 4.83 Å². The first-order valence-corrected chi connectivity index (χ1v) is 9.15. The molecule has 0 aliphatic heterocycles. The SMILES string of the molecule is N#Cc1c(N)[nH+]c2sc(C(=O)c3ccc(F)cc3)c(N)c2c1-c1ccccc1. The lowest BCUT2D eigenvalue weighted by Crippen LogP contribution is -2.13. The molecule has 0 radical (unpaired) electrons. The quantitative estimate of drug-likeness (QED) is 0.520. The van der Waals surface area contributed by atoms with Crippen LogP contribution < -0.4 is 16.5 Å². The fourth-order valence-corrected chi connectivity index (χ4v) is 4.24. The summed E-state index contributed by atoms with van der Waals surface area (Å²) in [6.07, 6.45) is 0. The number of aromatic nitrogens is 1. The molecule has 4 aromatic rings. The van der Waals surface area contributed by atoms with Gasteiger partial charge in [-0.15, -0.1) is 0 Å². The summed E-state index contributed by atoms with van der Waals surface area (Å²) in [5.74, 6) is -0.536. The minimum Gasteiger partial charge on any atom is -0.397 e. The third-order valence-electron chi connectivity index (χ3n) is 4.45. The normalized spacial score (nSPS) is 10.7. The van der Waals surface area contributed by atoms with E-state index in [1.54, 1.807) is 0 Å². The fraction of sp³-hybridized carbons (Fsp3) is 0. The summed E-state index contributed by atoms with van der Waals surface area (Å²) in [4.78, 5) is 16.8. The highest BCUT2D eigenvalue weighted by atomic mass is 32.1. The average molecular weight is 389 g/mol. The summed E-state index contributed by atoms with van der Waals surface area (Å²) in [6.45, 7) is 0. The topological polar surface area (TPSA) is 107 Å². The van der Waals surface area contributed by atoms with E-state index in [1.807, 2.05) is 30.3 Å². The second kappa shape index (κ2) is 6.76. The molecule has 0 saturated heterocycles. The molecular weight excluding hydrogens is 375 g/mol. The highest BCUT2D eigenvalue weighted by Gasteiger charge is 2.26. The van der Waals surface area contributed by atoms with Crippen LogP contribution in [0.25, 0.3) is 21.3 Å². The van der Waals surface area contributed by atoms with Gasteiger partial charge in [-0.05, 0) is 29.8 Å². The number of H-pyrrole nitrogens is 1. The molecule has 136 valence electrons. The number of nitrogens with one attached hydrogen (secondary N) is 1. The molecule has 5 nitrogen and oxygen atoms in total. The van der Waals surface area contributed by atoms with Crippen molar-refractivity contribution in [3.63, 3.8) is 0 Å². The number of benzene rings is 2. The van der Waals surface area contributed by atoms with Gasteiger partial charge in [-0.25, -0.2) is 9.37 Å². The number of thiophene rings is 1. The van der Waals surface area contributed by atoms with Crippen molar-refractivity contribution in [1.82, 2.24) is 0 Å². The zero-order chi connectivity index (χ0) is 19.8. The molecule has 0 fully saturated rings. The summed E-state index contributed by atoms with van der Waals surface area (Å²) in [6, 6.07) is 16.7. The minimum absolute atomic E-state index is 0.205. The standard InChI is InChI=1S/C21H13FN4OS/c22-13-8-6-12(7-9-13)18(27)19-17(24)16-15(11-4-2-1-3-5-11)14(10-23)20(25)26-21(16)28-19/h1-9H,24H2,(H2,25,26)/p+1. The van der Waals surface area contributed by atoms with Crippen molar-refractivity contribution in [3.8, 4) is 17.2 Å². The number of fused-ring (bicyclic) bond motifs is 1. The van der Waals surface area contributed by atoms with E-state index in [-0.39, 0.29) is 22.9 Å². The number of carbonyl (C=O) groups excluding carboxylic acids is 1. The predicted octanol–water partition coefficient (Wildman–Crippen LogP) is 3.79. The van der Waals surface area contributed by atoms with E-state index >= 15 is 0 Å². The predicted molar refractivity (Wildman–Crippen MR) is 107 cm³/mol. The maximum Gasteiger partial charge on any atom is 0.290 e. The van der Waals surface area contributed by atoms with Gasteiger partial charge in [0.25, 0.3) is 5.82 Å². The Labute approximate surface area is 163 Å². The van der Waals surface area contributed by atoms with Gasteiger partial charge in [0.2, 0.25) is 5.78 Å². The Bertz CT molecular complexity index is 1260. The summed E-state index contributed by atoms with van der Waals surface area (Å²) >= 11 is 1.16. The summed E-state index contributed by atoms with van der Waals surface area (Å²) in [5, 5.41) is 10.2. The third-order valence-corrected chi connectivity index (χ3v) is 5.57. The summed E-state index contributed by atoms with van der Waals surface area (Å²) < 4.78 is 13.2. The molecule has 0 spiro atoms. The fourth-order valence-electron chi connectivity index (χ4n) is 3.14. The van der Waals surface area contributed by atoms with E-state index in [2.05, 4.69) is 11.1 Å². The molecule has 0 saturated carbocycles. The first-order valence-electron chi connectivity index (χ1n) is 8.33. The molecule has 5 N–H and O–H groups in total. The molecule has 0 unspecified atom stereocenters. The lowest BCUT2D eigenvalue weighted by atomic mass is 9.97. The van der Waals surface area contributed by atoms with Gasteiger partial charge in [-0.3, -0.25) is 10.5 Å². The Hall–Kier alpha value is -3.76. The van der Waals surface area contributed by atoms with Crippen LogP contribution in [0.3, 0.4) is 0 Å². The van der Waals surface area contributed by atoms with Gasteiger partial charge in [0.1, 0.15) is 22.3 Å². The number of ketones is 1. The van der Waals surface area contributed by atoms with E-state index in [0.29, 0.717) is 26.2 Å². The van der Waals surface area contributed by atoms with Gasteiger partial charge in [0, 0.05) is 11.1 Å². The number of aromatic amines is 1. The van der Waals surface area contributed by atoms with Gasteiger partial charge >= 0.3 is 0 Å². The zero-order valence-corrected chi connectivity index (χ0v) is 15.3. The van der Waals surface area contributed by atoms with E-state index < -0.39 is 5.82 Å². The molecule has 2 heterocycles. The first-order chi connectivity index (χ1) is 13.5. The molecule has 28 heavy (non-hydrogen) atoms. The highest BCUT2D eigenvalue weighted by Crippen LogP contribution is 2.41. The Kier molecular flexibility index (Phi) is 4.26. The monoisotopic (exact) mass is 389 g/mol. The number of anilines is 2. The van der Waals surface area contributed by atoms with Crippen LogP contribution >= 0.6 is 11.3 Å². The Morgan fingerprint density at radius 3 is 2.39 bits per heavy atom. The minimum atomic E-state index is -0.424. The molecular formula is C21H14FN4OS+. The number of halogens is 1. The van der Waals surface area contributed by atoms with Crippen LogP contribution in [-0.4, -0.2) is 5.78 Å².